The molecule has 0 aliphatic carbocycles. The minimum Gasteiger partial charge on any atom is -0.378 e. The van der Waals surface area contributed by atoms with Crippen LogP contribution in [0, 0.1) is 16.0 Å². The molecule has 0 amide bonds. The zero-order valence-electron chi connectivity index (χ0n) is 9.72. The molecule has 0 spiro atoms. The fourth-order valence-corrected chi connectivity index (χ4v) is 2.73. The maximum absolute atomic E-state index is 10.5. The predicted octanol–water partition coefficient (Wildman–Crippen LogP) is 2.17. The van der Waals surface area contributed by atoms with Gasteiger partial charge in [-0.2, -0.15) is 0 Å². The normalized spacial score (nSPS) is 24.1. The van der Waals surface area contributed by atoms with Crippen LogP contribution in [0.25, 0.3) is 0 Å². The van der Waals surface area contributed by atoms with Crippen molar-refractivity contribution in [3.63, 3.8) is 0 Å². The molecule has 2 unspecified atom stereocenters. The lowest BCUT2D eigenvalue weighted by Crippen LogP contribution is -2.26. The van der Waals surface area contributed by atoms with Gasteiger partial charge in [0.2, 0.25) is 0 Å². The Bertz CT molecular complexity index is 394. The van der Waals surface area contributed by atoms with Crippen LogP contribution in [0.2, 0.25) is 0 Å². The van der Waals surface area contributed by atoms with E-state index in [2.05, 4.69) is 12.2 Å². The molecule has 1 aliphatic heterocycles. The summed E-state index contributed by atoms with van der Waals surface area (Å²) >= 11 is 1.18. The number of hydrogen-bond acceptors (Lipinski definition) is 5. The summed E-state index contributed by atoms with van der Waals surface area (Å²) in [5, 5.41) is 15.9. The highest BCUT2D eigenvalue weighted by molar-refractivity contribution is 7.13. The van der Waals surface area contributed by atoms with Crippen LogP contribution in [-0.4, -0.2) is 24.2 Å². The Morgan fingerprint density at radius 2 is 2.53 bits per heavy atom. The van der Waals surface area contributed by atoms with Gasteiger partial charge in [0, 0.05) is 31.1 Å². The van der Waals surface area contributed by atoms with E-state index in [0.717, 1.165) is 25.1 Å². The molecule has 17 heavy (non-hydrogen) atoms. The van der Waals surface area contributed by atoms with Crippen molar-refractivity contribution in [2.24, 2.45) is 5.92 Å². The summed E-state index contributed by atoms with van der Waals surface area (Å²) in [5.41, 5.74) is 0.980. The Balaban J connectivity index is 1.76. The van der Waals surface area contributed by atoms with Crippen LogP contribution in [0.5, 0.6) is 0 Å². The van der Waals surface area contributed by atoms with Crippen molar-refractivity contribution in [1.29, 1.82) is 0 Å². The van der Waals surface area contributed by atoms with E-state index in [0.29, 0.717) is 18.6 Å². The van der Waals surface area contributed by atoms with E-state index >= 15 is 0 Å². The second-order valence-electron chi connectivity index (χ2n) is 4.31. The van der Waals surface area contributed by atoms with Crippen molar-refractivity contribution >= 4 is 16.3 Å². The zero-order valence-corrected chi connectivity index (χ0v) is 10.5. The zero-order chi connectivity index (χ0) is 12.3. The van der Waals surface area contributed by atoms with Crippen molar-refractivity contribution < 1.29 is 9.66 Å². The fraction of sp³-hybridized carbons (Fsp3) is 0.636. The summed E-state index contributed by atoms with van der Waals surface area (Å²) in [6.45, 7) is 4.53. The maximum atomic E-state index is 10.5. The molecule has 2 atom stereocenters. The van der Waals surface area contributed by atoms with E-state index in [9.17, 15) is 10.1 Å². The lowest BCUT2D eigenvalue weighted by molar-refractivity contribution is -0.380. The Morgan fingerprint density at radius 3 is 3.12 bits per heavy atom. The van der Waals surface area contributed by atoms with Gasteiger partial charge in [-0.25, -0.2) is 0 Å². The van der Waals surface area contributed by atoms with Gasteiger partial charge in [-0.05, 0) is 24.8 Å². The first-order valence-electron chi connectivity index (χ1n) is 5.71. The largest absolute Gasteiger partial charge is 0.378 e. The molecule has 0 radical (unpaired) electrons. The number of ether oxygens (including phenoxy) is 1. The summed E-state index contributed by atoms with van der Waals surface area (Å²) in [6, 6.07) is 1.63. The van der Waals surface area contributed by atoms with Gasteiger partial charge in [-0.1, -0.05) is 11.3 Å². The van der Waals surface area contributed by atoms with Crippen LogP contribution < -0.4 is 5.32 Å². The molecule has 0 saturated carbocycles. The third-order valence-electron chi connectivity index (χ3n) is 3.09. The number of rotatable bonds is 5. The Labute approximate surface area is 104 Å². The standard InChI is InChI=1S/C11H16N2O3S/c1-8-10(2-3-16-8)6-12-5-9-4-11(13(14)15)17-7-9/h4,7-8,10,12H,2-3,5-6H2,1H3. The molecule has 6 heteroatoms. The van der Waals surface area contributed by atoms with Crippen LogP contribution in [-0.2, 0) is 11.3 Å². The quantitative estimate of drug-likeness (QED) is 0.647. The molecule has 2 heterocycles. The number of nitrogens with zero attached hydrogens (tertiary/aromatic N) is 1. The number of thiophene rings is 1. The van der Waals surface area contributed by atoms with Gasteiger partial charge >= 0.3 is 5.00 Å². The first kappa shape index (κ1) is 12.5. The van der Waals surface area contributed by atoms with Gasteiger partial charge in [0.15, 0.2) is 0 Å². The van der Waals surface area contributed by atoms with Gasteiger partial charge in [-0.15, -0.1) is 0 Å². The highest BCUT2D eigenvalue weighted by Gasteiger charge is 2.23. The third kappa shape index (κ3) is 3.24. The predicted molar refractivity (Wildman–Crippen MR) is 66.2 cm³/mol. The first-order valence-corrected chi connectivity index (χ1v) is 6.59. The highest BCUT2D eigenvalue weighted by Crippen LogP contribution is 2.23. The van der Waals surface area contributed by atoms with Crippen LogP contribution in [0.3, 0.4) is 0 Å². The van der Waals surface area contributed by atoms with Crippen LogP contribution in [0.15, 0.2) is 11.4 Å². The lowest BCUT2D eigenvalue weighted by atomic mass is 10.0. The fourth-order valence-electron chi connectivity index (χ4n) is 2.00. The van der Waals surface area contributed by atoms with E-state index in [1.165, 1.54) is 11.3 Å². The second-order valence-corrected chi connectivity index (χ2v) is 5.20. The van der Waals surface area contributed by atoms with Gasteiger partial charge in [0.05, 0.1) is 11.0 Å². The molecule has 1 saturated heterocycles. The first-order chi connectivity index (χ1) is 8.16. The monoisotopic (exact) mass is 256 g/mol. The molecule has 1 aliphatic rings. The van der Waals surface area contributed by atoms with Crippen LogP contribution in [0.1, 0.15) is 18.9 Å². The second kappa shape index (κ2) is 5.57. The smallest absolute Gasteiger partial charge is 0.324 e. The molecule has 0 bridgehead atoms. The van der Waals surface area contributed by atoms with E-state index in [4.69, 9.17) is 4.74 Å². The molecule has 1 fully saturated rings. The molecular weight excluding hydrogens is 240 g/mol. The van der Waals surface area contributed by atoms with Gasteiger partial charge < -0.3 is 10.1 Å². The number of nitro groups is 1. The van der Waals surface area contributed by atoms with Gasteiger partial charge in [0.25, 0.3) is 0 Å². The summed E-state index contributed by atoms with van der Waals surface area (Å²) < 4.78 is 5.48. The Hall–Kier alpha value is -0.980. The van der Waals surface area contributed by atoms with Crippen LogP contribution in [0.4, 0.5) is 5.00 Å². The SMILES string of the molecule is CC1OCCC1CNCc1csc([N+](=O)[O-])c1. The van der Waals surface area contributed by atoms with Crippen molar-refractivity contribution in [1.82, 2.24) is 5.32 Å². The average Bonchev–Trinajstić information content (AvgIpc) is 2.89. The molecule has 0 aromatic carbocycles. The summed E-state index contributed by atoms with van der Waals surface area (Å²) in [7, 11) is 0. The molecular formula is C11H16N2O3S. The average molecular weight is 256 g/mol. The van der Waals surface area contributed by atoms with E-state index < -0.39 is 0 Å². The van der Waals surface area contributed by atoms with Crippen molar-refractivity contribution in [3.8, 4) is 0 Å². The van der Waals surface area contributed by atoms with E-state index in [1.54, 1.807) is 6.07 Å². The Kier molecular flexibility index (Phi) is 4.09. The summed E-state index contributed by atoms with van der Waals surface area (Å²) in [6.07, 6.45) is 1.41. The maximum Gasteiger partial charge on any atom is 0.324 e. The van der Waals surface area contributed by atoms with Crippen LogP contribution >= 0.6 is 11.3 Å². The van der Waals surface area contributed by atoms with E-state index in [-0.39, 0.29) is 9.92 Å². The lowest BCUT2D eigenvalue weighted by Gasteiger charge is -2.14. The third-order valence-corrected chi connectivity index (χ3v) is 4.02. The molecule has 1 N–H and O–H groups in total. The van der Waals surface area contributed by atoms with E-state index in [1.807, 2.05) is 5.38 Å². The van der Waals surface area contributed by atoms with Gasteiger partial charge in [-0.3, -0.25) is 10.1 Å². The highest BCUT2D eigenvalue weighted by atomic mass is 32.1. The van der Waals surface area contributed by atoms with Crippen molar-refractivity contribution in [3.05, 3.63) is 27.1 Å². The summed E-state index contributed by atoms with van der Waals surface area (Å²) in [4.78, 5) is 10.2. The molecule has 5 nitrogen and oxygen atoms in total. The minimum atomic E-state index is -0.346. The molecule has 1 aromatic heterocycles. The summed E-state index contributed by atoms with van der Waals surface area (Å²) in [5.74, 6) is 0.559. The minimum absolute atomic E-state index is 0.208. The number of nitrogens with one attached hydrogen (secondary N) is 1. The Morgan fingerprint density at radius 1 is 1.71 bits per heavy atom. The van der Waals surface area contributed by atoms with Gasteiger partial charge in [0.1, 0.15) is 0 Å². The number of hydrogen-bond donors (Lipinski definition) is 1. The molecule has 2 rings (SSSR count). The van der Waals surface area contributed by atoms with Crippen molar-refractivity contribution in [2.45, 2.75) is 26.0 Å². The van der Waals surface area contributed by atoms with Crippen molar-refractivity contribution in [2.75, 3.05) is 13.2 Å². The topological polar surface area (TPSA) is 64.4 Å². The molecule has 1 aromatic rings. The molecule has 94 valence electrons.